The monoisotopic (exact) mass is 249 g/mol. The maximum absolute atomic E-state index is 12.1. The minimum atomic E-state index is -0.433. The molecule has 0 aromatic heterocycles. The molecule has 2 rings (SSSR count). The van der Waals surface area contributed by atoms with Crippen molar-refractivity contribution in [2.45, 2.75) is 37.8 Å². The van der Waals surface area contributed by atoms with Crippen LogP contribution < -0.4 is 10.1 Å². The summed E-state index contributed by atoms with van der Waals surface area (Å²) in [5.74, 6) is 0.374. The second-order valence-electron chi connectivity index (χ2n) is 4.63. The van der Waals surface area contributed by atoms with Gasteiger partial charge in [0.05, 0.1) is 24.8 Å². The summed E-state index contributed by atoms with van der Waals surface area (Å²) in [6, 6.07) is 6.96. The number of hydrogen-bond acceptors (Lipinski definition) is 3. The number of carbonyl (C=O) groups is 1. The summed E-state index contributed by atoms with van der Waals surface area (Å²) < 4.78 is 5.16. The largest absolute Gasteiger partial charge is 0.496 e. The van der Waals surface area contributed by atoms with Gasteiger partial charge in [0.2, 0.25) is 0 Å². The Labute approximate surface area is 107 Å². The molecule has 18 heavy (non-hydrogen) atoms. The van der Waals surface area contributed by atoms with E-state index in [1.54, 1.807) is 25.3 Å². The highest BCUT2D eigenvalue weighted by Gasteiger charge is 2.25. The molecule has 0 saturated heterocycles. The van der Waals surface area contributed by atoms with Gasteiger partial charge in [-0.3, -0.25) is 4.79 Å². The van der Waals surface area contributed by atoms with E-state index >= 15 is 0 Å². The minimum Gasteiger partial charge on any atom is -0.496 e. The second kappa shape index (κ2) is 5.87. The smallest absolute Gasteiger partial charge is 0.255 e. The molecule has 4 heteroatoms. The van der Waals surface area contributed by atoms with Crippen molar-refractivity contribution in [2.24, 2.45) is 0 Å². The first-order chi connectivity index (χ1) is 8.72. The Morgan fingerprint density at radius 2 is 2.06 bits per heavy atom. The van der Waals surface area contributed by atoms with E-state index in [2.05, 4.69) is 5.32 Å². The van der Waals surface area contributed by atoms with Gasteiger partial charge in [-0.1, -0.05) is 25.0 Å². The molecule has 0 radical (unpaired) electrons. The quantitative estimate of drug-likeness (QED) is 0.857. The summed E-state index contributed by atoms with van der Waals surface area (Å²) in [7, 11) is 1.54. The number of ether oxygens (including phenoxy) is 1. The van der Waals surface area contributed by atoms with E-state index in [9.17, 15) is 9.90 Å². The summed E-state index contributed by atoms with van der Waals surface area (Å²) in [4.78, 5) is 12.1. The Balaban J connectivity index is 2.07. The summed E-state index contributed by atoms with van der Waals surface area (Å²) in [6.45, 7) is 0. The molecule has 0 aliphatic heterocycles. The van der Waals surface area contributed by atoms with Crippen LogP contribution in [0.25, 0.3) is 0 Å². The van der Waals surface area contributed by atoms with E-state index in [1.807, 2.05) is 6.07 Å². The Morgan fingerprint density at radius 1 is 1.33 bits per heavy atom. The molecule has 0 heterocycles. The van der Waals surface area contributed by atoms with Crippen LogP contribution >= 0.6 is 0 Å². The lowest BCUT2D eigenvalue weighted by Gasteiger charge is -2.28. The zero-order valence-corrected chi connectivity index (χ0v) is 10.6. The predicted molar refractivity (Wildman–Crippen MR) is 68.7 cm³/mol. The van der Waals surface area contributed by atoms with Crippen molar-refractivity contribution in [3.05, 3.63) is 29.8 Å². The average Bonchev–Trinajstić information content (AvgIpc) is 2.41. The van der Waals surface area contributed by atoms with Gasteiger partial charge in [0.15, 0.2) is 0 Å². The number of hydrogen-bond donors (Lipinski definition) is 2. The molecule has 1 aliphatic rings. The molecule has 1 fully saturated rings. The normalized spacial score (nSPS) is 23.4. The van der Waals surface area contributed by atoms with Crippen molar-refractivity contribution < 1.29 is 14.6 Å². The van der Waals surface area contributed by atoms with Gasteiger partial charge in [0, 0.05) is 0 Å². The molecule has 98 valence electrons. The third-order valence-electron chi connectivity index (χ3n) is 3.40. The van der Waals surface area contributed by atoms with Gasteiger partial charge in [-0.2, -0.15) is 0 Å². The van der Waals surface area contributed by atoms with Crippen molar-refractivity contribution in [2.75, 3.05) is 7.11 Å². The number of amides is 1. The molecule has 1 amide bonds. The van der Waals surface area contributed by atoms with Crippen molar-refractivity contribution in [3.63, 3.8) is 0 Å². The highest BCUT2D eigenvalue weighted by Crippen LogP contribution is 2.21. The van der Waals surface area contributed by atoms with Crippen LogP contribution in [-0.4, -0.2) is 30.3 Å². The first-order valence-corrected chi connectivity index (χ1v) is 6.34. The molecule has 0 spiro atoms. The number of carbonyl (C=O) groups excluding carboxylic acids is 1. The Kier molecular flexibility index (Phi) is 4.20. The van der Waals surface area contributed by atoms with Gasteiger partial charge in [-0.05, 0) is 25.0 Å². The van der Waals surface area contributed by atoms with Crippen molar-refractivity contribution >= 4 is 5.91 Å². The fourth-order valence-electron chi connectivity index (χ4n) is 2.36. The van der Waals surface area contributed by atoms with Gasteiger partial charge in [-0.15, -0.1) is 0 Å². The van der Waals surface area contributed by atoms with Gasteiger partial charge >= 0.3 is 0 Å². The highest BCUT2D eigenvalue weighted by molar-refractivity contribution is 5.97. The van der Waals surface area contributed by atoms with Gasteiger partial charge in [-0.25, -0.2) is 0 Å². The third-order valence-corrected chi connectivity index (χ3v) is 3.40. The fourth-order valence-corrected chi connectivity index (χ4v) is 2.36. The summed E-state index contributed by atoms with van der Waals surface area (Å²) in [5.41, 5.74) is 0.512. The van der Waals surface area contributed by atoms with E-state index in [0.717, 1.165) is 25.7 Å². The van der Waals surface area contributed by atoms with Crippen LogP contribution in [0.2, 0.25) is 0 Å². The summed E-state index contributed by atoms with van der Waals surface area (Å²) >= 11 is 0. The van der Waals surface area contributed by atoms with Crippen molar-refractivity contribution in [3.8, 4) is 5.75 Å². The van der Waals surface area contributed by atoms with E-state index < -0.39 is 6.10 Å². The van der Waals surface area contributed by atoms with Crippen LogP contribution in [0.1, 0.15) is 36.0 Å². The molecular formula is C14H19NO3. The fraction of sp³-hybridized carbons (Fsp3) is 0.500. The number of para-hydroxylation sites is 1. The molecule has 0 unspecified atom stereocenters. The first-order valence-electron chi connectivity index (χ1n) is 6.34. The SMILES string of the molecule is COc1ccccc1C(=O)N[C@H]1CCCC[C@@H]1O. The first kappa shape index (κ1) is 12.9. The van der Waals surface area contributed by atoms with Crippen LogP contribution in [0.3, 0.4) is 0 Å². The lowest BCUT2D eigenvalue weighted by atomic mass is 9.92. The molecule has 1 saturated carbocycles. The third kappa shape index (κ3) is 2.82. The Bertz CT molecular complexity index is 419. The molecule has 4 nitrogen and oxygen atoms in total. The lowest BCUT2D eigenvalue weighted by Crippen LogP contribution is -2.45. The number of methoxy groups -OCH3 is 1. The number of benzene rings is 1. The van der Waals surface area contributed by atoms with Crippen LogP contribution in [0, 0.1) is 0 Å². The maximum atomic E-state index is 12.1. The molecule has 1 aromatic carbocycles. The van der Waals surface area contributed by atoms with Crippen LogP contribution in [-0.2, 0) is 0 Å². The zero-order valence-electron chi connectivity index (χ0n) is 10.6. The van der Waals surface area contributed by atoms with E-state index in [-0.39, 0.29) is 11.9 Å². The number of aliphatic hydroxyl groups is 1. The Hall–Kier alpha value is -1.55. The Morgan fingerprint density at radius 3 is 2.78 bits per heavy atom. The summed E-state index contributed by atoms with van der Waals surface area (Å²) in [5, 5.41) is 12.7. The number of rotatable bonds is 3. The molecule has 2 N–H and O–H groups in total. The molecular weight excluding hydrogens is 230 g/mol. The average molecular weight is 249 g/mol. The molecule has 1 aliphatic carbocycles. The predicted octanol–water partition coefficient (Wildman–Crippen LogP) is 1.73. The standard InChI is InChI=1S/C14H19NO3/c1-18-13-9-5-2-6-10(13)14(17)15-11-7-3-4-8-12(11)16/h2,5-6,9,11-12,16H,3-4,7-8H2,1H3,(H,15,17)/t11-,12-/m0/s1. The van der Waals surface area contributed by atoms with Gasteiger partial charge < -0.3 is 15.2 Å². The minimum absolute atomic E-state index is 0.142. The maximum Gasteiger partial charge on any atom is 0.255 e. The van der Waals surface area contributed by atoms with Gasteiger partial charge in [0.1, 0.15) is 5.75 Å². The van der Waals surface area contributed by atoms with E-state index in [0.29, 0.717) is 11.3 Å². The van der Waals surface area contributed by atoms with Crippen LogP contribution in [0.4, 0.5) is 0 Å². The molecule has 1 aromatic rings. The zero-order chi connectivity index (χ0) is 13.0. The van der Waals surface area contributed by atoms with Crippen molar-refractivity contribution in [1.29, 1.82) is 0 Å². The molecule has 0 bridgehead atoms. The second-order valence-corrected chi connectivity index (χ2v) is 4.63. The van der Waals surface area contributed by atoms with E-state index in [1.165, 1.54) is 0 Å². The number of nitrogens with one attached hydrogen (secondary N) is 1. The highest BCUT2D eigenvalue weighted by atomic mass is 16.5. The van der Waals surface area contributed by atoms with Gasteiger partial charge in [0.25, 0.3) is 5.91 Å². The number of aliphatic hydroxyl groups excluding tert-OH is 1. The topological polar surface area (TPSA) is 58.6 Å². The van der Waals surface area contributed by atoms with Crippen LogP contribution in [0.15, 0.2) is 24.3 Å². The van der Waals surface area contributed by atoms with Crippen LogP contribution in [0.5, 0.6) is 5.75 Å². The lowest BCUT2D eigenvalue weighted by molar-refractivity contribution is 0.0715. The van der Waals surface area contributed by atoms with E-state index in [4.69, 9.17) is 4.74 Å². The van der Waals surface area contributed by atoms with Crippen molar-refractivity contribution in [1.82, 2.24) is 5.32 Å². The molecule has 2 atom stereocenters. The summed E-state index contributed by atoms with van der Waals surface area (Å²) in [6.07, 6.45) is 3.24.